The van der Waals surface area contributed by atoms with Gasteiger partial charge in [0.2, 0.25) is 0 Å². The lowest BCUT2D eigenvalue weighted by Gasteiger charge is -2.28. The lowest BCUT2D eigenvalue weighted by molar-refractivity contribution is 0.442. The Hall–Kier alpha value is -5.08. The van der Waals surface area contributed by atoms with Crippen molar-refractivity contribution in [1.82, 2.24) is 0 Å². The zero-order chi connectivity index (χ0) is 32.1. The lowest BCUT2D eigenvalue weighted by Crippen LogP contribution is -2.13. The Morgan fingerprint density at radius 1 is 0.370 bits per heavy atom. The van der Waals surface area contributed by atoms with Crippen molar-refractivity contribution in [3.05, 3.63) is 120 Å². The van der Waals surface area contributed by atoms with Crippen molar-refractivity contribution in [2.45, 2.75) is 52.4 Å². The van der Waals surface area contributed by atoms with Crippen LogP contribution in [0.4, 0.5) is 0 Å². The molecule has 0 bridgehead atoms. The highest BCUT2D eigenvalue weighted by Gasteiger charge is 2.30. The van der Waals surface area contributed by atoms with Crippen molar-refractivity contribution in [3.63, 3.8) is 0 Å². The van der Waals surface area contributed by atoms with Gasteiger partial charge in [-0.1, -0.05) is 139 Å². The Balaban J connectivity index is 1.74. The fourth-order valence-electron chi connectivity index (χ4n) is 7.59. The van der Waals surface area contributed by atoms with E-state index in [-0.39, 0.29) is 22.3 Å². The Bertz CT molecular complexity index is 2380. The molecule has 0 amide bonds. The van der Waals surface area contributed by atoms with E-state index < -0.39 is 0 Å². The summed E-state index contributed by atoms with van der Waals surface area (Å²) in [5.74, 6) is 0.445. The van der Waals surface area contributed by atoms with Crippen molar-refractivity contribution in [1.29, 1.82) is 0 Å². The minimum absolute atomic E-state index is 0.223. The number of rotatable bonds is 1. The van der Waals surface area contributed by atoms with Crippen molar-refractivity contribution >= 4 is 64.6 Å². The number of hydrogen-bond acceptors (Lipinski definition) is 2. The molecule has 0 heterocycles. The van der Waals surface area contributed by atoms with Gasteiger partial charge in [-0.25, -0.2) is 0 Å². The van der Waals surface area contributed by atoms with Crippen LogP contribution in [0.3, 0.4) is 0 Å². The zero-order valence-electron chi connectivity index (χ0n) is 27.3. The van der Waals surface area contributed by atoms with Crippen molar-refractivity contribution < 1.29 is 10.2 Å². The number of hydrogen-bond donors (Lipinski definition) is 2. The van der Waals surface area contributed by atoms with Gasteiger partial charge in [0.15, 0.2) is 0 Å². The summed E-state index contributed by atoms with van der Waals surface area (Å²) in [7, 11) is 0. The summed E-state index contributed by atoms with van der Waals surface area (Å²) in [5, 5.41) is 38.2. The molecule has 0 atom stereocenters. The Labute approximate surface area is 269 Å². The Morgan fingerprint density at radius 2 is 0.696 bits per heavy atom. The van der Waals surface area contributed by atoms with Gasteiger partial charge in [-0.15, -0.1) is 0 Å². The van der Waals surface area contributed by atoms with E-state index in [0.29, 0.717) is 11.1 Å². The number of aromatic hydroxyl groups is 2. The standard InChI is InChI=1S/C44H38O2/c1-43(2,3)33-23-29-21-19-27-17-15-25-11-7-9-13-31(25)35(27)37(29)39(41(33)45)40-38-30(24-34(42(40)46)44(4,5)6)22-20-28-18-16-26-12-8-10-14-32(26)36(28)38/h7-24,45-46H,1-6H3. The molecular formula is C44H38O2. The fourth-order valence-corrected chi connectivity index (χ4v) is 7.59. The van der Waals surface area contributed by atoms with Crippen LogP contribution in [-0.2, 0) is 10.8 Å². The molecule has 8 aromatic rings. The topological polar surface area (TPSA) is 40.5 Å². The quantitative estimate of drug-likeness (QED) is 0.185. The molecule has 0 radical (unpaired) electrons. The lowest BCUT2D eigenvalue weighted by atomic mass is 9.77. The normalized spacial score (nSPS) is 12.7. The number of benzene rings is 8. The molecule has 8 aromatic carbocycles. The Kier molecular flexibility index (Phi) is 5.99. The molecule has 0 unspecified atom stereocenters. The van der Waals surface area contributed by atoms with Crippen LogP contribution < -0.4 is 0 Å². The molecule has 0 spiro atoms. The molecule has 0 saturated heterocycles. The van der Waals surface area contributed by atoms with Crippen LogP contribution in [0.15, 0.2) is 109 Å². The first-order valence-corrected chi connectivity index (χ1v) is 16.1. The molecule has 0 aromatic heterocycles. The maximum atomic E-state index is 12.7. The van der Waals surface area contributed by atoms with Gasteiger partial charge in [0.25, 0.3) is 0 Å². The van der Waals surface area contributed by atoms with E-state index in [4.69, 9.17) is 0 Å². The van der Waals surface area contributed by atoms with E-state index in [1.807, 2.05) is 0 Å². The summed E-state index contributed by atoms with van der Waals surface area (Å²) in [4.78, 5) is 0. The SMILES string of the molecule is CC(C)(C)c1cc2ccc3ccc4ccccc4c3c2c(-c2c(O)c(C(C)(C)C)cc3ccc4ccc5ccccc5c4c23)c1O. The first-order chi connectivity index (χ1) is 21.9. The molecular weight excluding hydrogens is 560 g/mol. The summed E-state index contributed by atoms with van der Waals surface area (Å²) >= 11 is 0. The van der Waals surface area contributed by atoms with Crippen LogP contribution in [0.2, 0.25) is 0 Å². The van der Waals surface area contributed by atoms with Crippen LogP contribution in [0, 0.1) is 0 Å². The first kappa shape index (κ1) is 28.4. The van der Waals surface area contributed by atoms with Crippen molar-refractivity contribution in [2.75, 3.05) is 0 Å². The van der Waals surface area contributed by atoms with Crippen molar-refractivity contribution in [3.8, 4) is 22.6 Å². The summed E-state index contributed by atoms with van der Waals surface area (Å²) in [6, 6.07) is 38.6. The van der Waals surface area contributed by atoms with Crippen molar-refractivity contribution in [2.24, 2.45) is 0 Å². The predicted molar refractivity (Wildman–Crippen MR) is 198 cm³/mol. The van der Waals surface area contributed by atoms with Crippen LogP contribution in [-0.4, -0.2) is 10.2 Å². The third-order valence-electron chi connectivity index (χ3n) is 9.83. The van der Waals surface area contributed by atoms with Gasteiger partial charge in [-0.3, -0.25) is 0 Å². The highest BCUT2D eigenvalue weighted by molar-refractivity contribution is 6.30. The zero-order valence-corrected chi connectivity index (χ0v) is 27.3. The van der Waals surface area contributed by atoms with Crippen LogP contribution in [0.1, 0.15) is 52.7 Å². The average Bonchev–Trinajstić information content (AvgIpc) is 3.03. The number of phenolic OH excluding ortho intramolecular Hbond substituents is 2. The van der Waals surface area contributed by atoms with E-state index in [0.717, 1.165) is 75.8 Å². The van der Waals surface area contributed by atoms with E-state index in [2.05, 4.69) is 151 Å². The highest BCUT2D eigenvalue weighted by atomic mass is 16.3. The third kappa shape index (κ3) is 4.09. The fraction of sp³-hybridized carbons (Fsp3) is 0.182. The molecule has 0 aliphatic carbocycles. The molecule has 8 rings (SSSR count). The summed E-state index contributed by atoms with van der Waals surface area (Å²) < 4.78 is 0. The summed E-state index contributed by atoms with van der Waals surface area (Å²) in [5.41, 5.74) is 2.41. The van der Waals surface area contributed by atoms with Gasteiger partial charge in [-0.2, -0.15) is 0 Å². The van der Waals surface area contributed by atoms with E-state index in [1.54, 1.807) is 0 Å². The van der Waals surface area contributed by atoms with Gasteiger partial charge < -0.3 is 10.2 Å². The van der Waals surface area contributed by atoms with E-state index >= 15 is 0 Å². The first-order valence-electron chi connectivity index (χ1n) is 16.1. The van der Waals surface area contributed by atoms with Crippen LogP contribution in [0.5, 0.6) is 11.5 Å². The largest absolute Gasteiger partial charge is 0.507 e. The monoisotopic (exact) mass is 598 g/mol. The molecule has 0 saturated carbocycles. The van der Waals surface area contributed by atoms with Gasteiger partial charge in [0, 0.05) is 33.0 Å². The summed E-state index contributed by atoms with van der Waals surface area (Å²) in [6.45, 7) is 12.8. The second-order valence-electron chi connectivity index (χ2n) is 14.9. The maximum Gasteiger partial charge on any atom is 0.127 e. The predicted octanol–water partition coefficient (Wildman–Crippen LogP) is 12.3. The van der Waals surface area contributed by atoms with Gasteiger partial charge in [0.1, 0.15) is 11.5 Å². The molecule has 0 aliphatic rings. The molecule has 226 valence electrons. The molecule has 46 heavy (non-hydrogen) atoms. The second kappa shape index (κ2) is 9.71. The minimum atomic E-state index is -0.345. The molecule has 0 aliphatic heterocycles. The smallest absolute Gasteiger partial charge is 0.127 e. The van der Waals surface area contributed by atoms with Crippen LogP contribution in [0.25, 0.3) is 75.8 Å². The third-order valence-corrected chi connectivity index (χ3v) is 9.83. The second-order valence-corrected chi connectivity index (χ2v) is 14.9. The minimum Gasteiger partial charge on any atom is -0.507 e. The molecule has 0 fully saturated rings. The van der Waals surface area contributed by atoms with Gasteiger partial charge in [0.05, 0.1) is 0 Å². The molecule has 2 heteroatoms. The van der Waals surface area contributed by atoms with Crippen LogP contribution >= 0.6 is 0 Å². The number of phenols is 2. The average molecular weight is 599 g/mol. The van der Waals surface area contributed by atoms with E-state index in [1.165, 1.54) is 0 Å². The number of fused-ring (bicyclic) bond motifs is 10. The molecule has 2 N–H and O–H groups in total. The van der Waals surface area contributed by atoms with Gasteiger partial charge >= 0.3 is 0 Å². The molecule has 2 nitrogen and oxygen atoms in total. The van der Waals surface area contributed by atoms with E-state index in [9.17, 15) is 10.2 Å². The Morgan fingerprint density at radius 3 is 1.07 bits per heavy atom. The summed E-state index contributed by atoms with van der Waals surface area (Å²) in [6.07, 6.45) is 0. The highest BCUT2D eigenvalue weighted by Crippen LogP contribution is 2.54. The maximum absolute atomic E-state index is 12.7. The van der Waals surface area contributed by atoms with Gasteiger partial charge in [-0.05, 0) is 76.8 Å².